The van der Waals surface area contributed by atoms with Crippen LogP contribution in [-0.4, -0.2) is 13.2 Å². The van der Waals surface area contributed by atoms with Gasteiger partial charge in [-0.15, -0.1) is 0 Å². The smallest absolute Gasteiger partial charge is 0.127 e. The van der Waals surface area contributed by atoms with E-state index in [0.29, 0.717) is 0 Å². The minimum Gasteiger partial charge on any atom is -0.493 e. The first-order valence-electron chi connectivity index (χ1n) is 6.92. The number of hydrogen-bond donors (Lipinski definition) is 1. The van der Waals surface area contributed by atoms with Crippen molar-refractivity contribution in [3.05, 3.63) is 50.2 Å². The van der Waals surface area contributed by atoms with Crippen LogP contribution in [0.3, 0.4) is 0 Å². The van der Waals surface area contributed by atoms with Gasteiger partial charge in [-0.2, -0.15) is 11.3 Å². The maximum absolute atomic E-state index is 6.29. The summed E-state index contributed by atoms with van der Waals surface area (Å²) in [4.78, 5) is 0. The topological polar surface area (TPSA) is 21.3 Å². The Morgan fingerprint density at radius 2 is 2.20 bits per heavy atom. The molecule has 20 heavy (non-hydrogen) atoms. The van der Waals surface area contributed by atoms with Gasteiger partial charge in [0.05, 0.1) is 12.6 Å². The first-order chi connectivity index (χ1) is 9.70. The molecule has 0 radical (unpaired) electrons. The molecule has 1 unspecified atom stereocenters. The third-order valence-corrected chi connectivity index (χ3v) is 4.80. The molecule has 1 aromatic heterocycles. The van der Waals surface area contributed by atoms with Crippen molar-refractivity contribution in [2.45, 2.75) is 26.3 Å². The fraction of sp³-hybridized carbons (Fsp3) is 0.375. The zero-order chi connectivity index (χ0) is 14.1. The van der Waals surface area contributed by atoms with Gasteiger partial charge < -0.3 is 10.1 Å². The number of thiophene rings is 1. The van der Waals surface area contributed by atoms with Crippen molar-refractivity contribution >= 4 is 22.9 Å². The molecule has 2 nitrogen and oxygen atoms in total. The highest BCUT2D eigenvalue weighted by molar-refractivity contribution is 7.08. The summed E-state index contributed by atoms with van der Waals surface area (Å²) in [7, 11) is 0. The summed E-state index contributed by atoms with van der Waals surface area (Å²) in [6.45, 7) is 5.94. The van der Waals surface area contributed by atoms with Crippen molar-refractivity contribution in [3.63, 3.8) is 0 Å². The predicted octanol–water partition coefficient (Wildman–Crippen LogP) is 4.34. The monoisotopic (exact) mass is 307 g/mol. The molecule has 106 valence electrons. The second kappa shape index (κ2) is 5.76. The molecule has 0 bridgehead atoms. The fourth-order valence-corrected chi connectivity index (χ4v) is 3.90. The van der Waals surface area contributed by atoms with Gasteiger partial charge in [0.15, 0.2) is 0 Å². The van der Waals surface area contributed by atoms with Crippen molar-refractivity contribution in [1.29, 1.82) is 0 Å². The van der Waals surface area contributed by atoms with Crippen molar-refractivity contribution in [1.82, 2.24) is 5.32 Å². The maximum Gasteiger partial charge on any atom is 0.127 e. The largest absolute Gasteiger partial charge is 0.493 e. The van der Waals surface area contributed by atoms with E-state index in [-0.39, 0.29) is 6.04 Å². The molecule has 1 aliphatic heterocycles. The number of hydrogen-bond acceptors (Lipinski definition) is 3. The Labute approximate surface area is 128 Å². The first-order valence-corrected chi connectivity index (χ1v) is 8.24. The van der Waals surface area contributed by atoms with E-state index >= 15 is 0 Å². The third kappa shape index (κ3) is 2.46. The standard InChI is InChI=1S/C16H18ClNOS/c1-3-18-15(14-9-20-8-10(14)2)13-7-12(17)6-11-4-5-19-16(11)13/h6-9,15,18H,3-5H2,1-2H3. The molecule has 0 spiro atoms. The van der Waals surface area contributed by atoms with Gasteiger partial charge in [-0.1, -0.05) is 18.5 Å². The Bertz CT molecular complexity index is 623. The van der Waals surface area contributed by atoms with Gasteiger partial charge in [-0.3, -0.25) is 0 Å². The maximum atomic E-state index is 6.29. The number of rotatable bonds is 4. The van der Waals surface area contributed by atoms with Crippen LogP contribution in [0, 0.1) is 6.92 Å². The third-order valence-electron chi connectivity index (χ3n) is 3.70. The average Bonchev–Trinajstić information content (AvgIpc) is 3.04. The molecule has 3 rings (SSSR count). The highest BCUT2D eigenvalue weighted by Crippen LogP contribution is 2.39. The molecule has 0 fully saturated rings. The summed E-state index contributed by atoms with van der Waals surface area (Å²) in [5, 5.41) is 8.76. The second-order valence-electron chi connectivity index (χ2n) is 5.08. The van der Waals surface area contributed by atoms with Crippen molar-refractivity contribution in [2.24, 2.45) is 0 Å². The molecular weight excluding hydrogens is 290 g/mol. The number of halogens is 1. The van der Waals surface area contributed by atoms with E-state index in [4.69, 9.17) is 16.3 Å². The molecule has 2 heterocycles. The fourth-order valence-electron chi connectivity index (χ4n) is 2.77. The van der Waals surface area contributed by atoms with Gasteiger partial charge in [0.25, 0.3) is 0 Å². The Morgan fingerprint density at radius 1 is 1.35 bits per heavy atom. The molecule has 0 saturated carbocycles. The van der Waals surface area contributed by atoms with Crippen molar-refractivity contribution in [3.8, 4) is 5.75 Å². The predicted molar refractivity (Wildman–Crippen MR) is 85.2 cm³/mol. The molecule has 2 aromatic rings. The minimum absolute atomic E-state index is 0.150. The summed E-state index contributed by atoms with van der Waals surface area (Å²) in [5.74, 6) is 1.02. The van der Waals surface area contributed by atoms with Gasteiger partial charge in [0.2, 0.25) is 0 Å². The lowest BCUT2D eigenvalue weighted by Crippen LogP contribution is -2.22. The summed E-state index contributed by atoms with van der Waals surface area (Å²) in [5.41, 5.74) is 5.01. The molecule has 1 atom stereocenters. The summed E-state index contributed by atoms with van der Waals surface area (Å²) in [6, 6.07) is 4.21. The Balaban J connectivity index is 2.11. The summed E-state index contributed by atoms with van der Waals surface area (Å²) in [6.07, 6.45) is 0.949. The van der Waals surface area contributed by atoms with Gasteiger partial charge >= 0.3 is 0 Å². The van der Waals surface area contributed by atoms with Crippen LogP contribution in [-0.2, 0) is 6.42 Å². The number of ether oxygens (including phenoxy) is 1. The van der Waals surface area contributed by atoms with Gasteiger partial charge in [-0.05, 0) is 53.1 Å². The van der Waals surface area contributed by atoms with E-state index in [0.717, 1.165) is 35.9 Å². The van der Waals surface area contributed by atoms with E-state index in [1.807, 2.05) is 12.1 Å². The molecule has 1 aromatic carbocycles. The van der Waals surface area contributed by atoms with Gasteiger partial charge in [0, 0.05) is 17.0 Å². The highest BCUT2D eigenvalue weighted by Gasteiger charge is 2.25. The molecule has 1 N–H and O–H groups in total. The van der Waals surface area contributed by atoms with Crippen LogP contribution in [0.25, 0.3) is 0 Å². The Kier molecular flexibility index (Phi) is 4.01. The van der Waals surface area contributed by atoms with Crippen LogP contribution in [0.15, 0.2) is 22.9 Å². The van der Waals surface area contributed by atoms with Crippen LogP contribution >= 0.6 is 22.9 Å². The number of benzene rings is 1. The Hall–Kier alpha value is -1.03. The zero-order valence-corrected chi connectivity index (χ0v) is 13.3. The second-order valence-corrected chi connectivity index (χ2v) is 6.26. The van der Waals surface area contributed by atoms with Gasteiger partial charge in [0.1, 0.15) is 5.75 Å². The molecular formula is C16H18ClNOS. The lowest BCUT2D eigenvalue weighted by atomic mass is 9.95. The SMILES string of the molecule is CCNC(c1cscc1C)c1cc(Cl)cc2c1OCC2. The molecule has 0 saturated heterocycles. The van der Waals surface area contributed by atoms with Crippen LogP contribution in [0.5, 0.6) is 5.75 Å². The van der Waals surface area contributed by atoms with Gasteiger partial charge in [-0.25, -0.2) is 0 Å². The molecule has 1 aliphatic rings. The van der Waals surface area contributed by atoms with Crippen LogP contribution in [0.2, 0.25) is 5.02 Å². The van der Waals surface area contributed by atoms with E-state index in [9.17, 15) is 0 Å². The van der Waals surface area contributed by atoms with Crippen LogP contribution < -0.4 is 10.1 Å². The van der Waals surface area contributed by atoms with Crippen LogP contribution in [0.1, 0.15) is 35.2 Å². The Morgan fingerprint density at radius 3 is 2.90 bits per heavy atom. The quantitative estimate of drug-likeness (QED) is 0.907. The van der Waals surface area contributed by atoms with Crippen LogP contribution in [0.4, 0.5) is 0 Å². The normalized spacial score (nSPS) is 14.9. The number of aryl methyl sites for hydroxylation is 1. The van der Waals surface area contributed by atoms with E-state index in [1.165, 1.54) is 16.7 Å². The highest BCUT2D eigenvalue weighted by atomic mass is 35.5. The van der Waals surface area contributed by atoms with E-state index in [1.54, 1.807) is 11.3 Å². The average molecular weight is 308 g/mol. The van der Waals surface area contributed by atoms with Crippen molar-refractivity contribution in [2.75, 3.05) is 13.2 Å². The molecule has 0 aliphatic carbocycles. The number of fused-ring (bicyclic) bond motifs is 1. The van der Waals surface area contributed by atoms with E-state index in [2.05, 4.69) is 29.9 Å². The molecule has 0 amide bonds. The summed E-state index contributed by atoms with van der Waals surface area (Å²) >= 11 is 8.03. The zero-order valence-electron chi connectivity index (χ0n) is 11.7. The minimum atomic E-state index is 0.150. The lowest BCUT2D eigenvalue weighted by Gasteiger charge is -2.21. The number of nitrogens with one attached hydrogen (secondary N) is 1. The first kappa shape index (κ1) is 13.9. The lowest BCUT2D eigenvalue weighted by molar-refractivity contribution is 0.350. The van der Waals surface area contributed by atoms with Crippen molar-refractivity contribution < 1.29 is 4.74 Å². The molecule has 4 heteroatoms. The summed E-state index contributed by atoms with van der Waals surface area (Å²) < 4.78 is 5.85. The van der Waals surface area contributed by atoms with E-state index < -0.39 is 0 Å².